The van der Waals surface area contributed by atoms with Gasteiger partial charge >= 0.3 is 12.1 Å². The Bertz CT molecular complexity index is 2190. The number of nitrogens with one attached hydrogen (secondary N) is 3. The number of hydrogen-bond acceptors (Lipinski definition) is 8. The second-order valence-corrected chi connectivity index (χ2v) is 25.9. The van der Waals surface area contributed by atoms with Gasteiger partial charge in [-0.2, -0.15) is 0 Å². The molecule has 0 radical (unpaired) electrons. The molecule has 0 heterocycles. The van der Waals surface area contributed by atoms with Crippen LogP contribution >= 0.6 is 0 Å². The van der Waals surface area contributed by atoms with Crippen molar-refractivity contribution in [2.24, 2.45) is 17.8 Å². The molecule has 3 amide bonds. The standard InChI is InChI=1S/C55H77N3O9Si/c1-37(2)35-64-44-29-25-41(26-30-44)33-47(52(61)62)56-51(60)49(38(3)4)58-50(59)43(31-40-23-27-45(28-24-40)65-36-42-21-17-14-18-22-42)34-48(67-68(11,12)55(8,9)10)46(32-39-19-15-13-16-20-39)57-53(63)66-54(5,6)7/h13-30,37-38,43,46-49H,31-36H2,1-12H3,(H,56,60)(H,57,63)(H,58,59)(H,61,62)/t43?,46?,47-,48?,49?/m0/s1. The number of benzene rings is 4. The van der Waals surface area contributed by atoms with E-state index in [1.54, 1.807) is 24.3 Å². The molecule has 0 fully saturated rings. The fraction of sp³-hybridized carbons (Fsp3) is 0.491. The maximum absolute atomic E-state index is 15.0. The fourth-order valence-corrected chi connectivity index (χ4v) is 8.62. The van der Waals surface area contributed by atoms with Gasteiger partial charge in [0.25, 0.3) is 0 Å². The first-order chi connectivity index (χ1) is 31.9. The summed E-state index contributed by atoms with van der Waals surface area (Å²) in [6.45, 7) is 24.8. The SMILES string of the molecule is CC(C)COc1ccc(C[C@H](NC(=O)C(NC(=O)C(Cc2ccc(OCc3ccccc3)cc2)CC(O[Si](C)(C)C(C)(C)C)C(Cc2ccccc2)NC(=O)OC(C)(C)C)C(C)C)C(=O)O)cc1. The molecule has 0 aliphatic carbocycles. The Hall–Kier alpha value is -5.66. The van der Waals surface area contributed by atoms with E-state index in [-0.39, 0.29) is 24.3 Å². The number of carbonyl (C=O) groups is 4. The topological polar surface area (TPSA) is 162 Å². The van der Waals surface area contributed by atoms with Crippen molar-refractivity contribution in [2.45, 2.75) is 149 Å². The Kier molecular flexibility index (Phi) is 20.3. The van der Waals surface area contributed by atoms with E-state index in [4.69, 9.17) is 18.6 Å². The highest BCUT2D eigenvalue weighted by Crippen LogP contribution is 2.39. The molecule has 0 aliphatic rings. The van der Waals surface area contributed by atoms with Gasteiger partial charge in [-0.1, -0.05) is 133 Å². The van der Waals surface area contributed by atoms with E-state index in [0.29, 0.717) is 42.6 Å². The molecule has 12 nitrogen and oxygen atoms in total. The molecule has 0 spiro atoms. The van der Waals surface area contributed by atoms with Gasteiger partial charge in [0.2, 0.25) is 11.8 Å². The van der Waals surface area contributed by atoms with Crippen LogP contribution in [-0.4, -0.2) is 73.7 Å². The summed E-state index contributed by atoms with van der Waals surface area (Å²) in [5.74, 6) is -1.72. The largest absolute Gasteiger partial charge is 0.493 e. The molecule has 0 bridgehead atoms. The van der Waals surface area contributed by atoms with E-state index in [0.717, 1.165) is 16.7 Å². The van der Waals surface area contributed by atoms with E-state index in [9.17, 15) is 19.5 Å². The number of carbonyl (C=O) groups excluding carboxylic acids is 3. The first kappa shape index (κ1) is 54.9. The van der Waals surface area contributed by atoms with E-state index in [1.807, 2.05) is 120 Å². The Labute approximate surface area is 406 Å². The van der Waals surface area contributed by atoms with Crippen LogP contribution in [0.4, 0.5) is 4.79 Å². The van der Waals surface area contributed by atoms with Gasteiger partial charge in [-0.3, -0.25) is 9.59 Å². The molecular weight excluding hydrogens is 875 g/mol. The average Bonchev–Trinajstić information content (AvgIpc) is 3.26. The Morgan fingerprint density at radius 2 is 1.13 bits per heavy atom. The van der Waals surface area contributed by atoms with Crippen molar-refractivity contribution in [1.82, 2.24) is 16.0 Å². The summed E-state index contributed by atoms with van der Waals surface area (Å²) >= 11 is 0. The monoisotopic (exact) mass is 952 g/mol. The Balaban J connectivity index is 1.70. The predicted octanol–water partition coefficient (Wildman–Crippen LogP) is 10.3. The van der Waals surface area contributed by atoms with Crippen molar-refractivity contribution in [3.05, 3.63) is 131 Å². The van der Waals surface area contributed by atoms with Crippen molar-refractivity contribution >= 4 is 32.2 Å². The number of aliphatic carboxylic acids is 1. The first-order valence-electron chi connectivity index (χ1n) is 23.9. The van der Waals surface area contributed by atoms with Crippen LogP contribution in [-0.2, 0) is 49.4 Å². The van der Waals surface area contributed by atoms with Crippen molar-refractivity contribution in [3.8, 4) is 11.5 Å². The van der Waals surface area contributed by atoms with E-state index < -0.39 is 73.9 Å². The molecule has 4 aromatic rings. The summed E-state index contributed by atoms with van der Waals surface area (Å²) in [7, 11) is -2.59. The summed E-state index contributed by atoms with van der Waals surface area (Å²) in [5.41, 5.74) is 2.78. The average molecular weight is 952 g/mol. The Morgan fingerprint density at radius 3 is 1.63 bits per heavy atom. The quantitative estimate of drug-likeness (QED) is 0.0501. The molecule has 0 aliphatic heterocycles. The van der Waals surface area contributed by atoms with Gasteiger partial charge in [0.1, 0.15) is 35.8 Å². The van der Waals surface area contributed by atoms with Gasteiger partial charge in [-0.05, 0) is 117 Å². The van der Waals surface area contributed by atoms with Gasteiger partial charge in [0.05, 0.1) is 18.8 Å². The molecule has 5 atom stereocenters. The summed E-state index contributed by atoms with van der Waals surface area (Å²) in [6.07, 6.45) is -0.445. The van der Waals surface area contributed by atoms with Crippen molar-refractivity contribution in [3.63, 3.8) is 0 Å². The minimum Gasteiger partial charge on any atom is -0.493 e. The van der Waals surface area contributed by atoms with Gasteiger partial charge in [0, 0.05) is 12.3 Å². The highest BCUT2D eigenvalue weighted by Gasteiger charge is 2.43. The molecule has 0 saturated carbocycles. The third-order valence-electron chi connectivity index (χ3n) is 12.1. The van der Waals surface area contributed by atoms with Crippen LogP contribution in [0, 0.1) is 17.8 Å². The molecular formula is C55H77N3O9Si. The molecule has 4 unspecified atom stereocenters. The van der Waals surface area contributed by atoms with E-state index in [1.165, 1.54) is 0 Å². The van der Waals surface area contributed by atoms with E-state index in [2.05, 4.69) is 63.7 Å². The molecule has 4 N–H and O–H groups in total. The zero-order valence-corrected chi connectivity index (χ0v) is 43.4. The third-order valence-corrected chi connectivity index (χ3v) is 16.6. The van der Waals surface area contributed by atoms with Gasteiger partial charge in [0.15, 0.2) is 8.32 Å². The molecule has 0 aromatic heterocycles. The molecule has 4 aromatic carbocycles. The smallest absolute Gasteiger partial charge is 0.407 e. The maximum Gasteiger partial charge on any atom is 0.407 e. The van der Waals surface area contributed by atoms with Crippen molar-refractivity contribution in [2.75, 3.05) is 6.61 Å². The Morgan fingerprint density at radius 1 is 0.618 bits per heavy atom. The van der Waals surface area contributed by atoms with Gasteiger partial charge in [-0.15, -0.1) is 0 Å². The number of alkyl carbamates (subject to hydrolysis) is 1. The number of ether oxygens (including phenoxy) is 3. The molecule has 13 heteroatoms. The zero-order chi connectivity index (χ0) is 50.2. The predicted molar refractivity (Wildman–Crippen MR) is 271 cm³/mol. The second-order valence-electron chi connectivity index (χ2n) is 21.1. The van der Waals surface area contributed by atoms with Gasteiger partial charge in [-0.25, -0.2) is 9.59 Å². The van der Waals surface area contributed by atoms with Crippen LogP contribution in [0.15, 0.2) is 109 Å². The number of carboxylic acid groups (broad SMARTS) is 1. The lowest BCUT2D eigenvalue weighted by atomic mass is 9.88. The fourth-order valence-electron chi connectivity index (χ4n) is 7.25. The van der Waals surface area contributed by atoms with Crippen LogP contribution in [0.1, 0.15) is 97.9 Å². The second kappa shape index (κ2) is 25.1. The third kappa shape index (κ3) is 18.4. The zero-order valence-electron chi connectivity index (χ0n) is 42.4. The molecule has 370 valence electrons. The molecule has 0 saturated heterocycles. The number of carboxylic acids is 1. The summed E-state index contributed by atoms with van der Waals surface area (Å²) < 4.78 is 24.9. The first-order valence-corrected chi connectivity index (χ1v) is 26.8. The van der Waals surface area contributed by atoms with E-state index >= 15 is 4.79 Å². The molecule has 68 heavy (non-hydrogen) atoms. The number of rotatable bonds is 24. The minimum absolute atomic E-state index is 0.0257. The number of amides is 3. The highest BCUT2D eigenvalue weighted by atomic mass is 28.4. The minimum atomic E-state index is -2.59. The van der Waals surface area contributed by atoms with Crippen LogP contribution in [0.5, 0.6) is 11.5 Å². The molecule has 4 rings (SSSR count). The summed E-state index contributed by atoms with van der Waals surface area (Å²) in [4.78, 5) is 55.5. The van der Waals surface area contributed by atoms with Crippen LogP contribution < -0.4 is 25.4 Å². The lowest BCUT2D eigenvalue weighted by Crippen LogP contribution is -2.56. The van der Waals surface area contributed by atoms with Crippen LogP contribution in [0.3, 0.4) is 0 Å². The lowest BCUT2D eigenvalue weighted by Gasteiger charge is -2.42. The van der Waals surface area contributed by atoms with Crippen molar-refractivity contribution in [1.29, 1.82) is 0 Å². The summed E-state index contributed by atoms with van der Waals surface area (Å²) in [6, 6.07) is 31.5. The number of hydrogen-bond donors (Lipinski definition) is 4. The highest BCUT2D eigenvalue weighted by molar-refractivity contribution is 6.74. The maximum atomic E-state index is 15.0. The lowest BCUT2D eigenvalue weighted by molar-refractivity contribution is -0.142. The normalized spacial score (nSPS) is 14.3. The van der Waals surface area contributed by atoms with Crippen LogP contribution in [0.2, 0.25) is 18.1 Å². The summed E-state index contributed by atoms with van der Waals surface area (Å²) in [5, 5.41) is 19.0. The van der Waals surface area contributed by atoms with Gasteiger partial charge < -0.3 is 39.7 Å². The van der Waals surface area contributed by atoms with Crippen LogP contribution in [0.25, 0.3) is 0 Å². The van der Waals surface area contributed by atoms with Crippen molar-refractivity contribution < 1.29 is 42.9 Å².